The molecule has 0 bridgehead atoms. The molecule has 0 radical (unpaired) electrons. The second-order valence-electron chi connectivity index (χ2n) is 6.02. The third-order valence-electron chi connectivity index (χ3n) is 4.57. The Morgan fingerprint density at radius 2 is 2.29 bits per heavy atom. The first-order valence-corrected chi connectivity index (χ1v) is 8.12. The van der Waals surface area contributed by atoms with Crippen LogP contribution in [-0.4, -0.2) is 39.2 Å². The quantitative estimate of drug-likeness (QED) is 0.889. The number of aliphatic hydroxyl groups excluding tert-OH is 1. The number of likely N-dealkylation sites (tertiary alicyclic amines) is 1. The lowest BCUT2D eigenvalue weighted by molar-refractivity contribution is 0.110. The van der Waals surface area contributed by atoms with Crippen molar-refractivity contribution in [2.75, 3.05) is 13.2 Å². The van der Waals surface area contributed by atoms with Gasteiger partial charge in [0.25, 0.3) is 0 Å². The first-order chi connectivity index (χ1) is 10.3. The summed E-state index contributed by atoms with van der Waals surface area (Å²) < 4.78 is 0. The monoisotopic (exact) mass is 287 g/mol. The molecule has 0 saturated carbocycles. The van der Waals surface area contributed by atoms with Gasteiger partial charge in [-0.2, -0.15) is 0 Å². The lowest BCUT2D eigenvalue weighted by Gasteiger charge is -2.34. The molecule has 0 spiro atoms. The van der Waals surface area contributed by atoms with Gasteiger partial charge in [-0.1, -0.05) is 19.4 Å². The number of aromatic amines is 1. The first kappa shape index (κ1) is 14.5. The SMILES string of the molecule is CCc1ccc2nc(CN3CCCCC3CCO)[nH]c2c1. The van der Waals surface area contributed by atoms with Crippen LogP contribution in [0.3, 0.4) is 0 Å². The predicted octanol–water partition coefficient (Wildman–Crippen LogP) is 2.86. The highest BCUT2D eigenvalue weighted by molar-refractivity contribution is 5.75. The van der Waals surface area contributed by atoms with Gasteiger partial charge in [0, 0.05) is 12.6 Å². The van der Waals surface area contributed by atoms with Crippen molar-refractivity contribution in [3.63, 3.8) is 0 Å². The molecule has 0 amide bonds. The Morgan fingerprint density at radius 1 is 1.38 bits per heavy atom. The zero-order valence-corrected chi connectivity index (χ0v) is 12.8. The molecule has 0 aliphatic carbocycles. The van der Waals surface area contributed by atoms with Crippen molar-refractivity contribution in [3.05, 3.63) is 29.6 Å². The van der Waals surface area contributed by atoms with Crippen molar-refractivity contribution in [2.24, 2.45) is 0 Å². The van der Waals surface area contributed by atoms with Gasteiger partial charge < -0.3 is 10.1 Å². The number of aryl methyl sites for hydroxylation is 1. The molecule has 2 heterocycles. The van der Waals surface area contributed by atoms with Crippen molar-refractivity contribution in [3.8, 4) is 0 Å². The summed E-state index contributed by atoms with van der Waals surface area (Å²) in [5.41, 5.74) is 3.53. The summed E-state index contributed by atoms with van der Waals surface area (Å²) in [6, 6.07) is 6.97. The highest BCUT2D eigenvalue weighted by Gasteiger charge is 2.22. The van der Waals surface area contributed by atoms with Crippen LogP contribution >= 0.6 is 0 Å². The number of rotatable bonds is 5. The maximum absolute atomic E-state index is 9.22. The number of aromatic nitrogens is 2. The van der Waals surface area contributed by atoms with Gasteiger partial charge in [0.1, 0.15) is 5.82 Å². The van der Waals surface area contributed by atoms with Gasteiger partial charge in [-0.15, -0.1) is 0 Å². The van der Waals surface area contributed by atoms with E-state index in [1.165, 1.54) is 24.8 Å². The topological polar surface area (TPSA) is 52.1 Å². The summed E-state index contributed by atoms with van der Waals surface area (Å²) >= 11 is 0. The van der Waals surface area contributed by atoms with E-state index in [0.29, 0.717) is 6.04 Å². The minimum absolute atomic E-state index is 0.279. The number of H-pyrrole nitrogens is 1. The van der Waals surface area contributed by atoms with E-state index < -0.39 is 0 Å². The standard InChI is InChI=1S/C17H25N3O/c1-2-13-6-7-15-16(11-13)19-17(18-15)12-20-9-4-3-5-14(20)8-10-21/h6-7,11,14,21H,2-5,8-10,12H2,1H3,(H,18,19). The van der Waals surface area contributed by atoms with Gasteiger partial charge in [0.15, 0.2) is 0 Å². The average molecular weight is 287 g/mol. The molecule has 1 aromatic heterocycles. The van der Waals surface area contributed by atoms with E-state index in [1.54, 1.807) is 0 Å². The van der Waals surface area contributed by atoms with Crippen LogP contribution in [0.2, 0.25) is 0 Å². The molecule has 1 saturated heterocycles. The molecular weight excluding hydrogens is 262 g/mol. The third-order valence-corrected chi connectivity index (χ3v) is 4.57. The molecule has 1 aliphatic heterocycles. The Morgan fingerprint density at radius 3 is 3.10 bits per heavy atom. The molecule has 1 aromatic carbocycles. The fourth-order valence-corrected chi connectivity index (χ4v) is 3.34. The molecule has 114 valence electrons. The number of imidazole rings is 1. The Labute approximate surface area is 126 Å². The van der Waals surface area contributed by atoms with Crippen LogP contribution in [0.5, 0.6) is 0 Å². The number of benzene rings is 1. The maximum atomic E-state index is 9.22. The molecule has 3 rings (SSSR count). The van der Waals surface area contributed by atoms with Gasteiger partial charge in [-0.25, -0.2) is 4.98 Å². The number of hydrogen-bond donors (Lipinski definition) is 2. The second kappa shape index (κ2) is 6.58. The van der Waals surface area contributed by atoms with Crippen LogP contribution in [0.15, 0.2) is 18.2 Å². The fourth-order valence-electron chi connectivity index (χ4n) is 3.34. The Hall–Kier alpha value is -1.39. The summed E-state index contributed by atoms with van der Waals surface area (Å²) in [6.07, 6.45) is 5.65. The maximum Gasteiger partial charge on any atom is 0.121 e. The summed E-state index contributed by atoms with van der Waals surface area (Å²) in [5, 5.41) is 9.22. The average Bonchev–Trinajstić information content (AvgIpc) is 2.90. The number of nitrogens with one attached hydrogen (secondary N) is 1. The zero-order chi connectivity index (χ0) is 14.7. The van der Waals surface area contributed by atoms with E-state index in [-0.39, 0.29) is 6.61 Å². The van der Waals surface area contributed by atoms with Crippen LogP contribution in [0.25, 0.3) is 11.0 Å². The summed E-state index contributed by atoms with van der Waals surface area (Å²) in [7, 11) is 0. The molecular formula is C17H25N3O. The van der Waals surface area contributed by atoms with E-state index in [1.807, 2.05) is 0 Å². The molecule has 1 fully saturated rings. The number of hydrogen-bond acceptors (Lipinski definition) is 3. The Balaban J connectivity index is 1.76. The second-order valence-corrected chi connectivity index (χ2v) is 6.02. The van der Waals surface area contributed by atoms with Crippen molar-refractivity contribution < 1.29 is 5.11 Å². The minimum atomic E-state index is 0.279. The number of nitrogens with zero attached hydrogens (tertiary/aromatic N) is 2. The lowest BCUT2D eigenvalue weighted by atomic mass is 10.00. The van der Waals surface area contributed by atoms with E-state index in [2.05, 4.69) is 35.0 Å². The lowest BCUT2D eigenvalue weighted by Crippen LogP contribution is -2.39. The molecule has 2 N–H and O–H groups in total. The third kappa shape index (κ3) is 3.27. The predicted molar refractivity (Wildman–Crippen MR) is 85.2 cm³/mol. The van der Waals surface area contributed by atoms with Crippen molar-refractivity contribution in [1.29, 1.82) is 0 Å². The smallest absolute Gasteiger partial charge is 0.121 e. The Bertz CT molecular complexity index is 591. The largest absolute Gasteiger partial charge is 0.396 e. The van der Waals surface area contributed by atoms with Gasteiger partial charge in [0.05, 0.1) is 17.6 Å². The molecule has 4 heteroatoms. The van der Waals surface area contributed by atoms with Crippen molar-refractivity contribution in [1.82, 2.24) is 14.9 Å². The van der Waals surface area contributed by atoms with Crippen LogP contribution < -0.4 is 0 Å². The molecule has 4 nitrogen and oxygen atoms in total. The highest BCUT2D eigenvalue weighted by Crippen LogP contribution is 2.22. The van der Waals surface area contributed by atoms with Crippen molar-refractivity contribution >= 4 is 11.0 Å². The van der Waals surface area contributed by atoms with E-state index in [0.717, 1.165) is 42.8 Å². The normalized spacial score (nSPS) is 20.2. The van der Waals surface area contributed by atoms with Crippen LogP contribution in [-0.2, 0) is 13.0 Å². The summed E-state index contributed by atoms with van der Waals surface area (Å²) in [5.74, 6) is 1.04. The number of fused-ring (bicyclic) bond motifs is 1. The summed E-state index contributed by atoms with van der Waals surface area (Å²) in [6.45, 7) is 4.43. The van der Waals surface area contributed by atoms with E-state index in [4.69, 9.17) is 4.98 Å². The van der Waals surface area contributed by atoms with Gasteiger partial charge in [-0.3, -0.25) is 4.90 Å². The Kier molecular flexibility index (Phi) is 4.56. The first-order valence-electron chi connectivity index (χ1n) is 8.12. The van der Waals surface area contributed by atoms with Crippen molar-refractivity contribution in [2.45, 2.75) is 51.6 Å². The van der Waals surface area contributed by atoms with Crippen LogP contribution in [0, 0.1) is 0 Å². The summed E-state index contributed by atoms with van der Waals surface area (Å²) in [4.78, 5) is 10.7. The van der Waals surface area contributed by atoms with Gasteiger partial charge >= 0.3 is 0 Å². The van der Waals surface area contributed by atoms with Gasteiger partial charge in [-0.05, 0) is 49.9 Å². The molecule has 2 aromatic rings. The molecule has 1 aliphatic rings. The molecule has 21 heavy (non-hydrogen) atoms. The zero-order valence-electron chi connectivity index (χ0n) is 12.8. The minimum Gasteiger partial charge on any atom is -0.396 e. The number of piperidine rings is 1. The molecule has 1 atom stereocenters. The fraction of sp³-hybridized carbons (Fsp3) is 0.588. The molecule has 1 unspecified atom stereocenters. The van der Waals surface area contributed by atoms with E-state index in [9.17, 15) is 5.11 Å². The van der Waals surface area contributed by atoms with E-state index >= 15 is 0 Å². The van der Waals surface area contributed by atoms with Crippen LogP contribution in [0.1, 0.15) is 44.0 Å². The number of aliphatic hydroxyl groups is 1. The van der Waals surface area contributed by atoms with Crippen LogP contribution in [0.4, 0.5) is 0 Å². The highest BCUT2D eigenvalue weighted by atomic mass is 16.3. The van der Waals surface area contributed by atoms with Gasteiger partial charge in [0.2, 0.25) is 0 Å².